The summed E-state index contributed by atoms with van der Waals surface area (Å²) in [7, 11) is 1.49. The van der Waals surface area contributed by atoms with Crippen molar-refractivity contribution in [3.8, 4) is 5.75 Å². The number of benzene rings is 2. The van der Waals surface area contributed by atoms with Gasteiger partial charge in [-0.2, -0.15) is 0 Å². The van der Waals surface area contributed by atoms with E-state index in [4.69, 9.17) is 16.3 Å². The van der Waals surface area contributed by atoms with E-state index in [9.17, 15) is 19.7 Å². The van der Waals surface area contributed by atoms with Gasteiger partial charge in [0.15, 0.2) is 0 Å². The lowest BCUT2D eigenvalue weighted by atomic mass is 9.98. The highest BCUT2D eigenvalue weighted by atomic mass is 35.5. The summed E-state index contributed by atoms with van der Waals surface area (Å²) in [5.74, 6) is -0.132. The lowest BCUT2D eigenvalue weighted by Crippen LogP contribution is -2.48. The number of amides is 2. The average molecular weight is 404 g/mol. The Morgan fingerprint density at radius 3 is 2.68 bits per heavy atom. The molecule has 2 aromatic carbocycles. The molecule has 0 spiro atoms. The molecule has 2 amide bonds. The molecular weight excluding hydrogens is 386 g/mol. The number of carbonyl (C=O) groups is 2. The van der Waals surface area contributed by atoms with Crippen LogP contribution in [0.25, 0.3) is 0 Å². The number of nitrogens with one attached hydrogen (secondary N) is 1. The van der Waals surface area contributed by atoms with Crippen molar-refractivity contribution in [2.24, 2.45) is 0 Å². The topological polar surface area (TPSA) is 102 Å². The van der Waals surface area contributed by atoms with Crippen LogP contribution in [0.15, 0.2) is 36.4 Å². The van der Waals surface area contributed by atoms with Crippen LogP contribution < -0.4 is 15.0 Å². The Morgan fingerprint density at radius 2 is 2.04 bits per heavy atom. The molecule has 1 aliphatic rings. The minimum atomic E-state index is -0.811. The number of fused-ring (bicyclic) bond motifs is 1. The summed E-state index contributed by atoms with van der Waals surface area (Å²) in [6.45, 7) is 1.61. The van der Waals surface area contributed by atoms with Gasteiger partial charge in [-0.15, -0.1) is 0 Å². The van der Waals surface area contributed by atoms with E-state index in [1.54, 1.807) is 25.1 Å². The number of ether oxygens (including phenoxy) is 1. The van der Waals surface area contributed by atoms with Crippen molar-refractivity contribution < 1.29 is 19.2 Å². The Labute approximate surface area is 166 Å². The smallest absolute Gasteiger partial charge is 0.269 e. The first-order valence-corrected chi connectivity index (χ1v) is 8.93. The Hall–Kier alpha value is -3.13. The number of nitro benzene ring substituents is 1. The summed E-state index contributed by atoms with van der Waals surface area (Å²) in [6, 6.07) is 8.31. The first-order valence-electron chi connectivity index (χ1n) is 8.55. The highest BCUT2D eigenvalue weighted by molar-refractivity contribution is 6.32. The van der Waals surface area contributed by atoms with Crippen LogP contribution in [0.5, 0.6) is 5.75 Å². The van der Waals surface area contributed by atoms with E-state index in [-0.39, 0.29) is 18.0 Å². The molecule has 0 radical (unpaired) electrons. The van der Waals surface area contributed by atoms with Crippen LogP contribution >= 0.6 is 11.6 Å². The van der Waals surface area contributed by atoms with Crippen LogP contribution in [0.3, 0.4) is 0 Å². The molecule has 1 aliphatic heterocycles. The molecule has 2 aromatic rings. The summed E-state index contributed by atoms with van der Waals surface area (Å²) in [5.41, 5.74) is 1.60. The van der Waals surface area contributed by atoms with Crippen LogP contribution in [-0.4, -0.2) is 29.9 Å². The summed E-state index contributed by atoms with van der Waals surface area (Å²) in [4.78, 5) is 37.1. The van der Waals surface area contributed by atoms with E-state index in [1.165, 1.54) is 30.2 Å². The Balaban J connectivity index is 1.84. The van der Waals surface area contributed by atoms with Crippen molar-refractivity contribution in [2.75, 3.05) is 17.3 Å². The minimum absolute atomic E-state index is 0.0435. The zero-order valence-electron chi connectivity index (χ0n) is 15.3. The lowest BCUT2D eigenvalue weighted by Gasteiger charge is -2.33. The fraction of sp³-hybridized carbons (Fsp3) is 0.263. The quantitative estimate of drug-likeness (QED) is 0.607. The summed E-state index contributed by atoms with van der Waals surface area (Å²) >= 11 is 6.08. The molecule has 1 atom stereocenters. The lowest BCUT2D eigenvalue weighted by molar-refractivity contribution is -0.384. The number of hydrogen-bond acceptors (Lipinski definition) is 5. The number of carbonyl (C=O) groups excluding carboxylic acids is 2. The number of aryl methyl sites for hydroxylation is 1. The SMILES string of the molecule is COc1ccc(NC(=O)C(C)N2C(=O)CCc3cc([N+](=O)[O-])ccc32)cc1Cl. The Morgan fingerprint density at radius 1 is 1.29 bits per heavy atom. The molecule has 0 saturated heterocycles. The molecule has 1 unspecified atom stereocenters. The van der Waals surface area contributed by atoms with Crippen LogP contribution in [0.2, 0.25) is 5.02 Å². The molecule has 3 rings (SSSR count). The molecule has 0 saturated carbocycles. The fourth-order valence-corrected chi connectivity index (χ4v) is 3.41. The van der Waals surface area contributed by atoms with Gasteiger partial charge in [-0.1, -0.05) is 11.6 Å². The predicted octanol–water partition coefficient (Wildman–Crippen LogP) is 3.56. The van der Waals surface area contributed by atoms with Gasteiger partial charge in [0.2, 0.25) is 11.8 Å². The summed E-state index contributed by atoms with van der Waals surface area (Å²) < 4.78 is 5.08. The van der Waals surface area contributed by atoms with Crippen LogP contribution in [0.4, 0.5) is 17.1 Å². The molecular formula is C19H18ClN3O5. The maximum Gasteiger partial charge on any atom is 0.269 e. The van der Waals surface area contributed by atoms with Crippen LogP contribution in [0.1, 0.15) is 18.9 Å². The molecule has 146 valence electrons. The van der Waals surface area contributed by atoms with Gasteiger partial charge < -0.3 is 10.1 Å². The highest BCUT2D eigenvalue weighted by Crippen LogP contribution is 2.33. The van der Waals surface area contributed by atoms with E-state index in [0.29, 0.717) is 34.1 Å². The summed E-state index contributed by atoms with van der Waals surface area (Å²) in [6.07, 6.45) is 0.578. The number of nitrogens with zero attached hydrogens (tertiary/aromatic N) is 2. The second-order valence-corrected chi connectivity index (χ2v) is 6.76. The van der Waals surface area contributed by atoms with E-state index < -0.39 is 16.9 Å². The van der Waals surface area contributed by atoms with Crippen LogP contribution in [-0.2, 0) is 16.0 Å². The van der Waals surface area contributed by atoms with E-state index in [2.05, 4.69) is 5.32 Å². The number of non-ortho nitro benzene ring substituents is 1. The van der Waals surface area contributed by atoms with Gasteiger partial charge in [-0.25, -0.2) is 0 Å². The normalized spacial score (nSPS) is 14.2. The third kappa shape index (κ3) is 3.77. The number of rotatable bonds is 5. The highest BCUT2D eigenvalue weighted by Gasteiger charge is 2.32. The number of anilines is 2. The molecule has 0 fully saturated rings. The number of methoxy groups -OCH3 is 1. The number of hydrogen-bond donors (Lipinski definition) is 1. The average Bonchev–Trinajstić information content (AvgIpc) is 2.67. The Bertz CT molecular complexity index is 963. The molecule has 0 aromatic heterocycles. The predicted molar refractivity (Wildman–Crippen MR) is 105 cm³/mol. The van der Waals surface area contributed by atoms with Crippen molar-refractivity contribution in [1.29, 1.82) is 0 Å². The first-order chi connectivity index (χ1) is 13.3. The van der Waals surface area contributed by atoms with E-state index in [1.807, 2.05) is 0 Å². The van der Waals surface area contributed by atoms with Crippen molar-refractivity contribution in [2.45, 2.75) is 25.8 Å². The minimum Gasteiger partial charge on any atom is -0.495 e. The first kappa shape index (κ1) is 19.6. The van der Waals surface area contributed by atoms with Gasteiger partial charge in [-0.3, -0.25) is 24.6 Å². The Kier molecular flexibility index (Phi) is 5.51. The van der Waals surface area contributed by atoms with Gasteiger partial charge in [0.1, 0.15) is 11.8 Å². The van der Waals surface area contributed by atoms with E-state index >= 15 is 0 Å². The molecule has 28 heavy (non-hydrogen) atoms. The van der Waals surface area contributed by atoms with Gasteiger partial charge in [-0.05, 0) is 43.2 Å². The summed E-state index contributed by atoms with van der Waals surface area (Å²) in [5, 5.41) is 14.1. The molecule has 1 heterocycles. The second kappa shape index (κ2) is 7.85. The second-order valence-electron chi connectivity index (χ2n) is 6.35. The van der Waals surface area contributed by atoms with Crippen molar-refractivity contribution in [1.82, 2.24) is 0 Å². The molecule has 1 N–H and O–H groups in total. The largest absolute Gasteiger partial charge is 0.495 e. The third-order valence-electron chi connectivity index (χ3n) is 4.60. The molecule has 8 nitrogen and oxygen atoms in total. The zero-order valence-corrected chi connectivity index (χ0v) is 16.0. The third-order valence-corrected chi connectivity index (χ3v) is 4.89. The van der Waals surface area contributed by atoms with Crippen molar-refractivity contribution in [3.05, 3.63) is 57.1 Å². The maximum absolute atomic E-state index is 12.7. The van der Waals surface area contributed by atoms with Crippen molar-refractivity contribution in [3.63, 3.8) is 0 Å². The van der Waals surface area contributed by atoms with Gasteiger partial charge in [0, 0.05) is 29.9 Å². The standard InChI is InChI=1S/C19H18ClN3O5/c1-11(19(25)21-13-4-7-17(28-2)15(20)10-13)22-16-6-5-14(23(26)27)9-12(16)3-8-18(22)24/h4-7,9-11H,3,8H2,1-2H3,(H,21,25). The number of halogens is 1. The monoisotopic (exact) mass is 403 g/mol. The molecule has 0 aliphatic carbocycles. The van der Waals surface area contributed by atoms with Gasteiger partial charge in [0.25, 0.3) is 5.69 Å². The zero-order chi connectivity index (χ0) is 20.4. The fourth-order valence-electron chi connectivity index (χ4n) is 3.15. The molecule has 0 bridgehead atoms. The van der Waals surface area contributed by atoms with Gasteiger partial charge >= 0.3 is 0 Å². The number of nitro groups is 1. The maximum atomic E-state index is 12.7. The van der Waals surface area contributed by atoms with Crippen molar-refractivity contribution >= 4 is 40.5 Å². The molecule has 9 heteroatoms. The van der Waals surface area contributed by atoms with Gasteiger partial charge in [0.05, 0.1) is 17.1 Å². The van der Waals surface area contributed by atoms with E-state index in [0.717, 1.165) is 0 Å². The van der Waals surface area contributed by atoms with Crippen LogP contribution in [0, 0.1) is 10.1 Å².